The summed E-state index contributed by atoms with van der Waals surface area (Å²) in [7, 11) is 0. The number of imidazole rings is 1. The Hall–Kier alpha value is -3.72. The van der Waals surface area contributed by atoms with Gasteiger partial charge in [0, 0.05) is 43.0 Å². The van der Waals surface area contributed by atoms with Gasteiger partial charge < -0.3 is 9.72 Å². The van der Waals surface area contributed by atoms with Crippen molar-refractivity contribution in [1.29, 1.82) is 0 Å². The van der Waals surface area contributed by atoms with Crippen molar-refractivity contribution in [1.82, 2.24) is 24.9 Å². The lowest BCUT2D eigenvalue weighted by Crippen LogP contribution is -2.01. The molecule has 4 heterocycles. The van der Waals surface area contributed by atoms with Crippen LogP contribution in [-0.2, 0) is 6.42 Å². The number of aromatic amines is 1. The molecule has 0 spiro atoms. The first-order valence-electron chi connectivity index (χ1n) is 10.3. The zero-order chi connectivity index (χ0) is 21.8. The fourth-order valence-electron chi connectivity index (χ4n) is 3.33. The van der Waals surface area contributed by atoms with Gasteiger partial charge in [-0.15, -0.1) is 0 Å². The first-order valence-corrected chi connectivity index (χ1v) is 10.3. The molecule has 31 heavy (non-hydrogen) atoms. The molecule has 0 unspecified atom stereocenters. The van der Waals surface area contributed by atoms with Crippen molar-refractivity contribution in [2.75, 3.05) is 6.61 Å². The van der Waals surface area contributed by atoms with E-state index in [2.05, 4.69) is 55.0 Å². The normalized spacial score (nSPS) is 12.4. The lowest BCUT2D eigenvalue weighted by Gasteiger charge is -2.12. The molecule has 6 heteroatoms. The van der Waals surface area contributed by atoms with Crippen LogP contribution in [0.5, 0.6) is 5.75 Å². The van der Waals surface area contributed by atoms with E-state index in [1.807, 2.05) is 40.0 Å². The summed E-state index contributed by atoms with van der Waals surface area (Å²) in [6.45, 7) is 8.60. The van der Waals surface area contributed by atoms with Gasteiger partial charge in [0.15, 0.2) is 5.65 Å². The number of hydrogen-bond acceptors (Lipinski definition) is 5. The summed E-state index contributed by atoms with van der Waals surface area (Å²) < 4.78 is 5.76. The SMILES string of the molecule is Cc1nc2ncc(-c3ccc4c(c3)CC#CCCO4)cc2[nH]1.Cc1ncnc(C)c1C.[HH]. The molecule has 1 aliphatic rings. The Morgan fingerprint density at radius 2 is 1.77 bits per heavy atom. The van der Waals surface area contributed by atoms with Crippen molar-refractivity contribution in [3.05, 3.63) is 65.1 Å². The molecular weight excluding hydrogens is 386 g/mol. The molecule has 0 saturated carbocycles. The highest BCUT2D eigenvalue weighted by Crippen LogP contribution is 2.28. The van der Waals surface area contributed by atoms with Crippen LogP contribution in [0.1, 0.15) is 36.2 Å². The Kier molecular flexibility index (Phi) is 5.94. The van der Waals surface area contributed by atoms with Crippen molar-refractivity contribution < 1.29 is 6.16 Å². The van der Waals surface area contributed by atoms with Crippen LogP contribution in [0.3, 0.4) is 0 Å². The summed E-state index contributed by atoms with van der Waals surface area (Å²) in [5, 5.41) is 0. The maximum absolute atomic E-state index is 5.76. The topological polar surface area (TPSA) is 76.6 Å². The van der Waals surface area contributed by atoms with Crippen molar-refractivity contribution >= 4 is 11.2 Å². The number of aryl methyl sites for hydroxylation is 3. The molecule has 0 fully saturated rings. The van der Waals surface area contributed by atoms with Gasteiger partial charge in [-0.2, -0.15) is 0 Å². The minimum Gasteiger partial charge on any atom is -0.492 e. The molecule has 0 amide bonds. The van der Waals surface area contributed by atoms with E-state index in [1.165, 1.54) is 5.56 Å². The molecule has 0 saturated heterocycles. The zero-order valence-corrected chi connectivity index (χ0v) is 18.3. The van der Waals surface area contributed by atoms with Gasteiger partial charge in [0.05, 0.1) is 12.1 Å². The van der Waals surface area contributed by atoms with E-state index in [-0.39, 0.29) is 1.43 Å². The van der Waals surface area contributed by atoms with Gasteiger partial charge in [-0.25, -0.2) is 19.9 Å². The van der Waals surface area contributed by atoms with Gasteiger partial charge in [-0.3, -0.25) is 0 Å². The van der Waals surface area contributed by atoms with Gasteiger partial charge in [0.2, 0.25) is 0 Å². The van der Waals surface area contributed by atoms with Crippen LogP contribution >= 0.6 is 0 Å². The quantitative estimate of drug-likeness (QED) is 0.449. The Balaban J connectivity index is 0.000000246. The molecule has 0 bridgehead atoms. The Morgan fingerprint density at radius 3 is 2.55 bits per heavy atom. The van der Waals surface area contributed by atoms with Gasteiger partial charge in [-0.1, -0.05) is 17.9 Å². The number of nitrogens with zero attached hydrogens (tertiary/aromatic N) is 4. The van der Waals surface area contributed by atoms with Crippen molar-refractivity contribution in [2.24, 2.45) is 0 Å². The number of fused-ring (bicyclic) bond motifs is 2. The predicted molar refractivity (Wildman–Crippen MR) is 124 cm³/mol. The smallest absolute Gasteiger partial charge is 0.177 e. The number of benzene rings is 1. The number of nitrogens with one attached hydrogen (secondary N) is 1. The third-order valence-corrected chi connectivity index (χ3v) is 5.33. The predicted octanol–water partition coefficient (Wildman–Crippen LogP) is 4.91. The zero-order valence-electron chi connectivity index (χ0n) is 18.3. The monoisotopic (exact) mass is 413 g/mol. The largest absolute Gasteiger partial charge is 0.492 e. The van der Waals surface area contributed by atoms with Gasteiger partial charge in [0.25, 0.3) is 0 Å². The van der Waals surface area contributed by atoms with Gasteiger partial charge in [-0.05, 0) is 57.0 Å². The van der Waals surface area contributed by atoms with E-state index in [0.717, 1.165) is 63.7 Å². The number of rotatable bonds is 1. The van der Waals surface area contributed by atoms with E-state index >= 15 is 0 Å². The Labute approximate surface area is 183 Å². The molecule has 0 radical (unpaired) electrons. The number of ether oxygens (including phenoxy) is 1. The average Bonchev–Trinajstić information content (AvgIpc) is 3.12. The minimum atomic E-state index is 0. The molecule has 6 nitrogen and oxygen atoms in total. The Bertz CT molecular complexity index is 1280. The molecule has 1 aromatic carbocycles. The summed E-state index contributed by atoms with van der Waals surface area (Å²) in [4.78, 5) is 20.0. The number of H-pyrrole nitrogens is 1. The number of hydrogen-bond donors (Lipinski definition) is 1. The first-order chi connectivity index (χ1) is 15.0. The van der Waals surface area contributed by atoms with E-state index in [4.69, 9.17) is 4.74 Å². The van der Waals surface area contributed by atoms with E-state index in [0.29, 0.717) is 6.61 Å². The van der Waals surface area contributed by atoms with Crippen LogP contribution in [0, 0.1) is 39.5 Å². The molecule has 0 atom stereocenters. The highest BCUT2D eigenvalue weighted by molar-refractivity contribution is 5.78. The highest BCUT2D eigenvalue weighted by atomic mass is 16.5. The van der Waals surface area contributed by atoms with Crippen LogP contribution in [0.25, 0.3) is 22.3 Å². The number of pyridine rings is 1. The molecule has 0 aliphatic carbocycles. The van der Waals surface area contributed by atoms with Crippen molar-refractivity contribution in [2.45, 2.75) is 40.5 Å². The Morgan fingerprint density at radius 1 is 0.968 bits per heavy atom. The van der Waals surface area contributed by atoms with Crippen LogP contribution in [0.2, 0.25) is 0 Å². The molecule has 5 rings (SSSR count). The third kappa shape index (κ3) is 4.72. The van der Waals surface area contributed by atoms with Crippen LogP contribution in [-0.4, -0.2) is 31.5 Å². The van der Waals surface area contributed by atoms with E-state index in [9.17, 15) is 0 Å². The number of aromatic nitrogens is 5. The molecule has 3 aromatic heterocycles. The standard InChI is InChI=1S/C18H15N3O.C7H10N2.H2/c1-12-20-16-10-15(11-19-18(16)21-12)13-6-7-17-14(9-13)5-3-2-4-8-22-17;1-5-6(2)8-4-9-7(5)3;/h6-7,9-11H,4-5,8H2,1H3,(H,19,20,21);4H,1-3H3;1H. The fourth-order valence-corrected chi connectivity index (χ4v) is 3.33. The lowest BCUT2D eigenvalue weighted by atomic mass is 10.0. The maximum atomic E-state index is 5.76. The molecule has 4 aromatic rings. The second-order valence-electron chi connectivity index (χ2n) is 7.54. The van der Waals surface area contributed by atoms with Crippen molar-refractivity contribution in [3.63, 3.8) is 0 Å². The molecule has 1 aliphatic heterocycles. The van der Waals surface area contributed by atoms with Gasteiger partial charge in [0.1, 0.15) is 17.9 Å². The van der Waals surface area contributed by atoms with Crippen LogP contribution in [0.15, 0.2) is 36.8 Å². The summed E-state index contributed by atoms with van der Waals surface area (Å²) in [5.74, 6) is 8.12. The van der Waals surface area contributed by atoms with Crippen LogP contribution in [0.4, 0.5) is 0 Å². The van der Waals surface area contributed by atoms with E-state index < -0.39 is 0 Å². The summed E-state index contributed by atoms with van der Waals surface area (Å²) in [6, 6.07) is 8.32. The summed E-state index contributed by atoms with van der Waals surface area (Å²) in [5.41, 5.74) is 8.35. The fraction of sp³-hybridized carbons (Fsp3) is 0.280. The second-order valence-corrected chi connectivity index (χ2v) is 7.54. The molecular formula is C25H27N5O. The minimum absolute atomic E-state index is 0. The highest BCUT2D eigenvalue weighted by Gasteiger charge is 2.09. The van der Waals surface area contributed by atoms with Crippen LogP contribution < -0.4 is 4.74 Å². The lowest BCUT2D eigenvalue weighted by molar-refractivity contribution is 0.323. The third-order valence-electron chi connectivity index (χ3n) is 5.33. The van der Waals surface area contributed by atoms with E-state index in [1.54, 1.807) is 6.33 Å². The summed E-state index contributed by atoms with van der Waals surface area (Å²) in [6.07, 6.45) is 4.97. The second kappa shape index (κ2) is 8.97. The summed E-state index contributed by atoms with van der Waals surface area (Å²) >= 11 is 0. The van der Waals surface area contributed by atoms with Gasteiger partial charge >= 0.3 is 0 Å². The molecule has 1 N–H and O–H groups in total. The maximum Gasteiger partial charge on any atom is 0.177 e. The molecule has 158 valence electrons. The average molecular weight is 414 g/mol. The van der Waals surface area contributed by atoms with Crippen molar-refractivity contribution in [3.8, 4) is 28.7 Å². The first kappa shape index (κ1) is 20.5.